The Morgan fingerprint density at radius 3 is 3.00 bits per heavy atom. The molecule has 1 aliphatic carbocycles. The first-order valence-corrected chi connectivity index (χ1v) is 9.50. The normalized spacial score (nSPS) is 23.7. The smallest absolute Gasteiger partial charge is 0.237 e. The highest BCUT2D eigenvalue weighted by atomic mass is 16.2. The highest BCUT2D eigenvalue weighted by Crippen LogP contribution is 2.40. The van der Waals surface area contributed by atoms with E-state index in [1.54, 1.807) is 0 Å². The van der Waals surface area contributed by atoms with Crippen LogP contribution < -0.4 is 11.1 Å². The number of hydrogen-bond donors (Lipinski definition) is 3. The van der Waals surface area contributed by atoms with Crippen LogP contribution in [0.1, 0.15) is 25.0 Å². The fourth-order valence-electron chi connectivity index (χ4n) is 4.33. The fourth-order valence-corrected chi connectivity index (χ4v) is 4.33. The molecule has 5 heteroatoms. The first-order valence-electron chi connectivity index (χ1n) is 9.50. The molecule has 1 amide bonds. The summed E-state index contributed by atoms with van der Waals surface area (Å²) in [7, 11) is 2.18. The van der Waals surface area contributed by atoms with Crippen LogP contribution in [0.4, 0.5) is 0 Å². The average molecular weight is 352 g/mol. The van der Waals surface area contributed by atoms with Crippen molar-refractivity contribution in [3.05, 3.63) is 41.6 Å². The molecule has 0 unspecified atom stereocenters. The predicted molar refractivity (Wildman–Crippen MR) is 106 cm³/mol. The molecule has 0 radical (unpaired) electrons. The lowest BCUT2D eigenvalue weighted by atomic mass is 9.80. The van der Waals surface area contributed by atoms with E-state index in [0.717, 1.165) is 13.0 Å². The van der Waals surface area contributed by atoms with E-state index >= 15 is 0 Å². The van der Waals surface area contributed by atoms with Gasteiger partial charge in [-0.3, -0.25) is 9.69 Å². The fraction of sp³-hybridized carbons (Fsp3) is 0.476. The Labute approximate surface area is 154 Å². The van der Waals surface area contributed by atoms with Gasteiger partial charge in [0.05, 0.1) is 6.04 Å². The summed E-state index contributed by atoms with van der Waals surface area (Å²) in [5.74, 6) is 0.391. The van der Waals surface area contributed by atoms with Crippen LogP contribution in [0.25, 0.3) is 16.5 Å². The highest BCUT2D eigenvalue weighted by molar-refractivity contribution is 5.98. The van der Waals surface area contributed by atoms with Gasteiger partial charge in [-0.15, -0.1) is 0 Å². The van der Waals surface area contributed by atoms with Crippen LogP contribution in [0.15, 0.2) is 30.5 Å². The lowest BCUT2D eigenvalue weighted by Gasteiger charge is -2.40. The molecule has 26 heavy (non-hydrogen) atoms. The van der Waals surface area contributed by atoms with Crippen LogP contribution in [-0.2, 0) is 11.2 Å². The minimum Gasteiger partial charge on any atom is -0.361 e. The third-order valence-corrected chi connectivity index (χ3v) is 5.90. The Morgan fingerprint density at radius 2 is 2.23 bits per heavy atom. The number of hydrogen-bond acceptors (Lipinski definition) is 3. The second kappa shape index (κ2) is 6.56. The molecule has 0 bridgehead atoms. The van der Waals surface area contributed by atoms with E-state index in [1.165, 1.54) is 27.6 Å². The lowest BCUT2D eigenvalue weighted by molar-refractivity contribution is -0.123. The monoisotopic (exact) mass is 352 g/mol. The van der Waals surface area contributed by atoms with E-state index in [4.69, 9.17) is 5.73 Å². The number of carbonyl (C=O) groups excluding carboxylic acids is 1. The molecule has 0 spiro atoms. The van der Waals surface area contributed by atoms with Crippen molar-refractivity contribution in [1.82, 2.24) is 15.2 Å². The zero-order valence-corrected chi connectivity index (χ0v) is 15.8. The molecule has 3 atom stereocenters. The largest absolute Gasteiger partial charge is 0.361 e. The molecule has 1 aliphatic heterocycles. The Bertz CT molecular complexity index is 866. The van der Waals surface area contributed by atoms with E-state index in [-0.39, 0.29) is 11.8 Å². The van der Waals surface area contributed by atoms with Crippen molar-refractivity contribution in [2.24, 2.45) is 17.6 Å². The summed E-state index contributed by atoms with van der Waals surface area (Å²) in [6, 6.07) is 6.45. The number of aromatic nitrogens is 1. The van der Waals surface area contributed by atoms with Crippen LogP contribution in [0.2, 0.25) is 0 Å². The summed E-state index contributed by atoms with van der Waals surface area (Å²) in [5.41, 5.74) is 11.3. The van der Waals surface area contributed by atoms with Crippen LogP contribution >= 0.6 is 0 Å². The van der Waals surface area contributed by atoms with E-state index in [0.29, 0.717) is 18.5 Å². The molecule has 1 aromatic heterocycles. The van der Waals surface area contributed by atoms with E-state index in [1.807, 2.05) is 13.8 Å². The number of nitrogens with one attached hydrogen (secondary N) is 2. The summed E-state index contributed by atoms with van der Waals surface area (Å²) in [6.07, 6.45) is 5.56. The number of carbonyl (C=O) groups is 1. The number of aromatic amines is 1. The van der Waals surface area contributed by atoms with Crippen LogP contribution in [-0.4, -0.2) is 48.0 Å². The number of benzene rings is 1. The van der Waals surface area contributed by atoms with Gasteiger partial charge < -0.3 is 16.0 Å². The molecule has 138 valence electrons. The van der Waals surface area contributed by atoms with Crippen LogP contribution in [0.5, 0.6) is 0 Å². The Morgan fingerprint density at radius 1 is 1.42 bits per heavy atom. The summed E-state index contributed by atoms with van der Waals surface area (Å²) in [5, 5.41) is 4.40. The predicted octanol–water partition coefficient (Wildman–Crippen LogP) is 2.14. The maximum atomic E-state index is 12.2. The SMILES string of the molecule is CC(C)[C@H](N)C(=O)NC[C@@H]1C=C2c3cccc4[nH]cc(c34)C[C@H]2N(C)C1. The van der Waals surface area contributed by atoms with Gasteiger partial charge in [-0.05, 0) is 42.2 Å². The summed E-state index contributed by atoms with van der Waals surface area (Å²) < 4.78 is 0. The van der Waals surface area contributed by atoms with Crippen molar-refractivity contribution >= 4 is 22.4 Å². The zero-order chi connectivity index (χ0) is 18.4. The Kier molecular flexibility index (Phi) is 4.37. The number of H-pyrrole nitrogens is 1. The molecule has 0 saturated heterocycles. The van der Waals surface area contributed by atoms with Gasteiger partial charge in [-0.2, -0.15) is 0 Å². The third kappa shape index (κ3) is 2.85. The molecule has 0 saturated carbocycles. The van der Waals surface area contributed by atoms with Gasteiger partial charge in [0, 0.05) is 42.1 Å². The molecule has 2 aromatic rings. The molecule has 4 N–H and O–H groups in total. The van der Waals surface area contributed by atoms with Crippen molar-refractivity contribution in [3.63, 3.8) is 0 Å². The zero-order valence-electron chi connectivity index (χ0n) is 15.8. The van der Waals surface area contributed by atoms with Crippen molar-refractivity contribution in [2.75, 3.05) is 20.1 Å². The van der Waals surface area contributed by atoms with Gasteiger partial charge in [0.25, 0.3) is 0 Å². The van der Waals surface area contributed by atoms with Gasteiger partial charge in [-0.25, -0.2) is 0 Å². The number of amides is 1. The molecule has 4 rings (SSSR count). The average Bonchev–Trinajstić information content (AvgIpc) is 3.04. The molecular formula is C21H28N4O. The molecule has 2 aliphatic rings. The van der Waals surface area contributed by atoms with Crippen molar-refractivity contribution < 1.29 is 4.79 Å². The standard InChI is InChI=1S/C21H28N4O/c1-12(2)20(22)21(26)24-9-13-7-16-15-5-4-6-17-19(15)14(10-23-17)8-18(16)25(3)11-13/h4-7,10,12-13,18,20,23H,8-9,11,22H2,1-3H3,(H,24,26)/t13-,18+,20-/m0/s1. The Balaban J connectivity index is 1.59. The maximum Gasteiger partial charge on any atom is 0.237 e. The number of fused-ring (bicyclic) bond motifs is 2. The summed E-state index contributed by atoms with van der Waals surface area (Å²) >= 11 is 0. The topological polar surface area (TPSA) is 74.1 Å². The number of rotatable bonds is 4. The third-order valence-electron chi connectivity index (χ3n) is 5.90. The summed E-state index contributed by atoms with van der Waals surface area (Å²) in [4.78, 5) is 18.0. The number of nitrogens with zero attached hydrogens (tertiary/aromatic N) is 1. The first kappa shape index (κ1) is 17.3. The van der Waals surface area contributed by atoms with Crippen LogP contribution in [0.3, 0.4) is 0 Å². The molecule has 1 aromatic carbocycles. The van der Waals surface area contributed by atoms with E-state index in [2.05, 4.69) is 52.7 Å². The van der Waals surface area contributed by atoms with Gasteiger partial charge >= 0.3 is 0 Å². The molecule has 2 heterocycles. The van der Waals surface area contributed by atoms with Gasteiger partial charge in [-0.1, -0.05) is 32.1 Å². The first-order chi connectivity index (χ1) is 12.5. The van der Waals surface area contributed by atoms with E-state index < -0.39 is 6.04 Å². The van der Waals surface area contributed by atoms with Crippen molar-refractivity contribution in [1.29, 1.82) is 0 Å². The number of likely N-dealkylation sites (N-methyl/N-ethyl adjacent to an activating group) is 1. The minimum atomic E-state index is -0.442. The van der Waals surface area contributed by atoms with Gasteiger partial charge in [0.2, 0.25) is 5.91 Å². The summed E-state index contributed by atoms with van der Waals surface area (Å²) in [6.45, 7) is 5.53. The van der Waals surface area contributed by atoms with Gasteiger partial charge in [0.15, 0.2) is 0 Å². The number of nitrogens with two attached hydrogens (primary N) is 1. The van der Waals surface area contributed by atoms with Crippen molar-refractivity contribution in [2.45, 2.75) is 32.4 Å². The van der Waals surface area contributed by atoms with E-state index in [9.17, 15) is 4.79 Å². The van der Waals surface area contributed by atoms with Crippen molar-refractivity contribution in [3.8, 4) is 0 Å². The lowest BCUT2D eigenvalue weighted by Crippen LogP contribution is -2.48. The second-order valence-corrected chi connectivity index (χ2v) is 8.10. The second-order valence-electron chi connectivity index (χ2n) is 8.10. The quantitative estimate of drug-likeness (QED) is 0.789. The Hall–Kier alpha value is -2.11. The highest BCUT2D eigenvalue weighted by Gasteiger charge is 2.33. The molecular weight excluding hydrogens is 324 g/mol. The molecule has 5 nitrogen and oxygen atoms in total. The molecule has 0 fully saturated rings. The van der Waals surface area contributed by atoms with Gasteiger partial charge in [0.1, 0.15) is 0 Å². The van der Waals surface area contributed by atoms with Crippen LogP contribution in [0, 0.1) is 11.8 Å². The minimum absolute atomic E-state index is 0.0538. The maximum absolute atomic E-state index is 12.2.